The van der Waals surface area contributed by atoms with Crippen LogP contribution in [0.4, 0.5) is 0 Å². The third-order valence-electron chi connectivity index (χ3n) is 5.20. The molecule has 2 rings (SSSR count). The van der Waals surface area contributed by atoms with Crippen LogP contribution < -0.4 is 10.5 Å². The molecule has 0 radical (unpaired) electrons. The van der Waals surface area contributed by atoms with Gasteiger partial charge in [0.1, 0.15) is 5.75 Å². The van der Waals surface area contributed by atoms with Gasteiger partial charge in [-0.1, -0.05) is 19.9 Å². The Balaban J connectivity index is 1.98. The van der Waals surface area contributed by atoms with Crippen molar-refractivity contribution in [3.8, 4) is 5.75 Å². The van der Waals surface area contributed by atoms with Crippen molar-refractivity contribution in [1.29, 1.82) is 0 Å². The molecule has 1 aromatic rings. The lowest BCUT2D eigenvalue weighted by Crippen LogP contribution is -2.53. The first-order chi connectivity index (χ1) is 14.7. The van der Waals surface area contributed by atoms with Crippen LogP contribution in [0.15, 0.2) is 53.3 Å². The Morgan fingerprint density at radius 2 is 1.90 bits per heavy atom. The number of hydrogen-bond donors (Lipinski definition) is 1. The fourth-order valence-corrected chi connectivity index (χ4v) is 5.36. The van der Waals surface area contributed by atoms with E-state index >= 15 is 0 Å². The highest BCUT2D eigenvalue weighted by atomic mass is 32.2. The van der Waals surface area contributed by atoms with Crippen LogP contribution in [0.1, 0.15) is 52.4 Å². The van der Waals surface area contributed by atoms with Crippen LogP contribution in [0.25, 0.3) is 0 Å². The number of allylic oxidation sites excluding steroid dienone is 3. The third kappa shape index (κ3) is 6.33. The number of hydrogen-bond acceptors (Lipinski definition) is 6. The van der Waals surface area contributed by atoms with Gasteiger partial charge >= 0.3 is 0 Å². The Hall–Kier alpha value is -2.32. The monoisotopic (exact) mass is 451 g/mol. The number of rotatable bonds is 12. The van der Waals surface area contributed by atoms with E-state index in [0.29, 0.717) is 18.1 Å². The van der Waals surface area contributed by atoms with Crippen LogP contribution >= 0.6 is 0 Å². The van der Waals surface area contributed by atoms with E-state index in [4.69, 9.17) is 19.9 Å². The number of amides is 1. The van der Waals surface area contributed by atoms with Gasteiger partial charge in [0.15, 0.2) is 14.6 Å². The summed E-state index contributed by atoms with van der Waals surface area (Å²) in [5, 5.41) is 0. The Morgan fingerprint density at radius 3 is 2.45 bits per heavy atom. The molecule has 1 heterocycles. The van der Waals surface area contributed by atoms with Crippen LogP contribution in [-0.2, 0) is 24.1 Å². The van der Waals surface area contributed by atoms with Crippen molar-refractivity contribution in [2.24, 2.45) is 5.73 Å². The zero-order valence-electron chi connectivity index (χ0n) is 18.4. The summed E-state index contributed by atoms with van der Waals surface area (Å²) in [4.78, 5) is 12.1. The van der Waals surface area contributed by atoms with Gasteiger partial charge in [-0.05, 0) is 62.9 Å². The number of benzene rings is 1. The van der Waals surface area contributed by atoms with Crippen molar-refractivity contribution in [3.05, 3.63) is 48.4 Å². The number of ether oxygens (including phenoxy) is 3. The summed E-state index contributed by atoms with van der Waals surface area (Å²) >= 11 is 0. The molecule has 1 fully saturated rings. The summed E-state index contributed by atoms with van der Waals surface area (Å²) in [5.74, 6) is 1.25. The summed E-state index contributed by atoms with van der Waals surface area (Å²) < 4.78 is 41.3. The topological polar surface area (TPSA) is 105 Å². The first-order valence-corrected chi connectivity index (χ1v) is 12.1. The quantitative estimate of drug-likeness (QED) is 0.382. The maximum absolute atomic E-state index is 13.1. The van der Waals surface area contributed by atoms with Gasteiger partial charge in [0.2, 0.25) is 5.91 Å². The second kappa shape index (κ2) is 11.3. The summed E-state index contributed by atoms with van der Waals surface area (Å²) in [6.07, 6.45) is 5.64. The fraction of sp³-hybridized carbons (Fsp3) is 0.522. The maximum atomic E-state index is 13.1. The lowest BCUT2D eigenvalue weighted by molar-refractivity contribution is -0.122. The predicted octanol–water partition coefficient (Wildman–Crippen LogP) is 3.89. The number of carbonyl (C=O) groups is 1. The molecular weight excluding hydrogens is 418 g/mol. The highest BCUT2D eigenvalue weighted by Crippen LogP contribution is 2.35. The summed E-state index contributed by atoms with van der Waals surface area (Å²) in [7, 11) is -3.94. The van der Waals surface area contributed by atoms with Gasteiger partial charge in [0.25, 0.3) is 0 Å². The molecular formula is C23H33NO6S. The Bertz CT molecular complexity index is 883. The van der Waals surface area contributed by atoms with E-state index in [1.165, 1.54) is 12.1 Å². The number of nitrogens with two attached hydrogens (primary N) is 1. The minimum atomic E-state index is -3.94. The first kappa shape index (κ1) is 24.9. The van der Waals surface area contributed by atoms with Gasteiger partial charge in [-0.25, -0.2) is 8.42 Å². The van der Waals surface area contributed by atoms with Gasteiger partial charge in [-0.2, -0.15) is 0 Å². The molecule has 1 saturated heterocycles. The van der Waals surface area contributed by atoms with Crippen molar-refractivity contribution >= 4 is 15.7 Å². The molecule has 2 N–H and O–H groups in total. The van der Waals surface area contributed by atoms with Crippen molar-refractivity contribution < 1.29 is 27.4 Å². The molecule has 172 valence electrons. The standard InChI is InChI=1S/C23H33NO6S/c1-4-5-7-20(30-18(2)3)8-6-15-29-19-9-11-21(12-10-19)31(26,27)23(22(24)25)13-16-28-17-14-23/h7,9-12H,2,4-6,8,13-17H2,1,3H3,(H2,24,25)/b20-7+. The minimum Gasteiger partial charge on any atom is -0.494 e. The normalized spacial score (nSPS) is 16.5. The Morgan fingerprint density at radius 1 is 1.26 bits per heavy atom. The molecule has 0 saturated carbocycles. The van der Waals surface area contributed by atoms with Crippen molar-refractivity contribution in [1.82, 2.24) is 0 Å². The van der Waals surface area contributed by atoms with Crippen LogP contribution in [-0.4, -0.2) is 38.9 Å². The summed E-state index contributed by atoms with van der Waals surface area (Å²) in [6, 6.07) is 6.11. The first-order valence-electron chi connectivity index (χ1n) is 10.6. The Kier molecular flexibility index (Phi) is 9.13. The highest BCUT2D eigenvalue weighted by Gasteiger charge is 2.51. The molecule has 1 amide bonds. The summed E-state index contributed by atoms with van der Waals surface area (Å²) in [5.41, 5.74) is 5.50. The van der Waals surface area contributed by atoms with Crippen molar-refractivity contribution in [2.45, 2.75) is 62.0 Å². The van der Waals surface area contributed by atoms with Crippen LogP contribution in [0.5, 0.6) is 5.75 Å². The zero-order valence-corrected chi connectivity index (χ0v) is 19.2. The van der Waals surface area contributed by atoms with E-state index < -0.39 is 20.5 Å². The molecule has 0 unspecified atom stereocenters. The average molecular weight is 452 g/mol. The van der Waals surface area contributed by atoms with Crippen LogP contribution in [0.2, 0.25) is 0 Å². The highest BCUT2D eigenvalue weighted by molar-refractivity contribution is 7.93. The van der Waals surface area contributed by atoms with Gasteiger partial charge in [0.05, 0.1) is 23.0 Å². The average Bonchev–Trinajstić information content (AvgIpc) is 2.75. The molecule has 0 aliphatic carbocycles. The molecule has 0 spiro atoms. The SMILES string of the molecule is C=C(C)O/C(=C/CCC)CCCOc1ccc(S(=O)(=O)C2(C(N)=O)CCOCC2)cc1. The second-order valence-corrected chi connectivity index (χ2v) is 9.92. The smallest absolute Gasteiger partial charge is 0.239 e. The minimum absolute atomic E-state index is 0.0557. The Labute approximate surface area is 185 Å². The van der Waals surface area contributed by atoms with Gasteiger partial charge < -0.3 is 19.9 Å². The lowest BCUT2D eigenvalue weighted by atomic mass is 9.98. The number of sulfone groups is 1. The summed E-state index contributed by atoms with van der Waals surface area (Å²) in [6.45, 7) is 8.53. The molecule has 1 aromatic carbocycles. The van der Waals surface area contributed by atoms with Crippen molar-refractivity contribution in [2.75, 3.05) is 19.8 Å². The van der Waals surface area contributed by atoms with Gasteiger partial charge in [-0.3, -0.25) is 4.79 Å². The molecule has 0 aromatic heterocycles. The largest absolute Gasteiger partial charge is 0.494 e. The van der Waals surface area contributed by atoms with E-state index in [9.17, 15) is 13.2 Å². The lowest BCUT2D eigenvalue weighted by Gasteiger charge is -2.33. The van der Waals surface area contributed by atoms with E-state index in [1.807, 2.05) is 6.92 Å². The predicted molar refractivity (Wildman–Crippen MR) is 119 cm³/mol. The molecule has 31 heavy (non-hydrogen) atoms. The maximum Gasteiger partial charge on any atom is 0.239 e. The zero-order chi connectivity index (χ0) is 22.9. The van der Waals surface area contributed by atoms with E-state index in [-0.39, 0.29) is 31.0 Å². The van der Waals surface area contributed by atoms with E-state index in [1.54, 1.807) is 12.1 Å². The van der Waals surface area contributed by atoms with E-state index in [0.717, 1.165) is 31.4 Å². The van der Waals surface area contributed by atoms with Crippen LogP contribution in [0.3, 0.4) is 0 Å². The molecule has 0 atom stereocenters. The number of carbonyl (C=O) groups excluding carboxylic acids is 1. The fourth-order valence-electron chi connectivity index (χ4n) is 3.45. The van der Waals surface area contributed by atoms with Gasteiger partial charge in [-0.15, -0.1) is 0 Å². The molecule has 0 bridgehead atoms. The number of primary amides is 1. The molecule has 7 nitrogen and oxygen atoms in total. The molecule has 8 heteroatoms. The number of unbranched alkanes of at least 4 members (excludes halogenated alkanes) is 1. The van der Waals surface area contributed by atoms with Crippen LogP contribution in [0, 0.1) is 0 Å². The van der Waals surface area contributed by atoms with E-state index in [2.05, 4.69) is 19.6 Å². The molecule has 1 aliphatic rings. The van der Waals surface area contributed by atoms with Crippen molar-refractivity contribution in [3.63, 3.8) is 0 Å². The van der Waals surface area contributed by atoms with Gasteiger partial charge in [0, 0.05) is 19.6 Å². The second-order valence-electron chi connectivity index (χ2n) is 7.66. The third-order valence-corrected chi connectivity index (χ3v) is 7.73. The molecule has 1 aliphatic heterocycles.